The molecule has 22 heavy (non-hydrogen) atoms. The molecule has 2 heteroatoms. The van der Waals surface area contributed by atoms with Gasteiger partial charge in [-0.2, -0.15) is 0 Å². The maximum atomic E-state index is 9.09. The van der Waals surface area contributed by atoms with E-state index in [4.69, 9.17) is 10.2 Å². The van der Waals surface area contributed by atoms with E-state index in [0.29, 0.717) is 12.3 Å². The standard InChI is InChI=1S/C20H42O2/c1-3-5-7-9-11-13-15-19(17-18-20(21)22)16-14-12-10-8-6-4-2/h19-22H,3-18H2,1-2H3. The summed E-state index contributed by atoms with van der Waals surface area (Å²) in [4.78, 5) is 0. The zero-order valence-corrected chi connectivity index (χ0v) is 15.4. The number of rotatable bonds is 17. The summed E-state index contributed by atoms with van der Waals surface area (Å²) in [6.07, 6.45) is 19.2. The van der Waals surface area contributed by atoms with Crippen LogP contribution in [0.15, 0.2) is 0 Å². The van der Waals surface area contributed by atoms with E-state index in [1.54, 1.807) is 0 Å². The zero-order chi connectivity index (χ0) is 16.5. The Morgan fingerprint density at radius 3 is 1.32 bits per heavy atom. The number of hydrogen-bond donors (Lipinski definition) is 2. The molecule has 0 aliphatic rings. The average molecular weight is 315 g/mol. The van der Waals surface area contributed by atoms with Gasteiger partial charge in [-0.15, -0.1) is 0 Å². The minimum Gasteiger partial charge on any atom is -0.368 e. The molecule has 0 saturated heterocycles. The van der Waals surface area contributed by atoms with Gasteiger partial charge in [0.1, 0.15) is 0 Å². The van der Waals surface area contributed by atoms with Crippen LogP contribution in [0.3, 0.4) is 0 Å². The topological polar surface area (TPSA) is 40.5 Å². The Hall–Kier alpha value is -0.0800. The fourth-order valence-corrected chi connectivity index (χ4v) is 3.24. The Kier molecular flexibility index (Phi) is 17.2. The molecule has 0 fully saturated rings. The lowest BCUT2D eigenvalue weighted by atomic mass is 9.90. The molecular formula is C20H42O2. The molecule has 0 aliphatic heterocycles. The summed E-state index contributed by atoms with van der Waals surface area (Å²) in [7, 11) is 0. The molecule has 0 unspecified atom stereocenters. The fourth-order valence-electron chi connectivity index (χ4n) is 3.24. The van der Waals surface area contributed by atoms with Crippen molar-refractivity contribution in [1.29, 1.82) is 0 Å². The monoisotopic (exact) mass is 314 g/mol. The molecule has 0 atom stereocenters. The first-order valence-corrected chi connectivity index (χ1v) is 10.1. The van der Waals surface area contributed by atoms with Gasteiger partial charge in [-0.1, -0.05) is 104 Å². The summed E-state index contributed by atoms with van der Waals surface area (Å²) in [6, 6.07) is 0. The van der Waals surface area contributed by atoms with Crippen molar-refractivity contribution in [3.63, 3.8) is 0 Å². The third-order valence-electron chi connectivity index (χ3n) is 4.76. The van der Waals surface area contributed by atoms with Crippen LogP contribution < -0.4 is 0 Å². The first kappa shape index (κ1) is 21.9. The molecule has 0 aliphatic carbocycles. The molecule has 2 N–H and O–H groups in total. The maximum absolute atomic E-state index is 9.09. The Labute approximate surface area is 139 Å². The average Bonchev–Trinajstić information content (AvgIpc) is 2.50. The van der Waals surface area contributed by atoms with Gasteiger partial charge in [-0.3, -0.25) is 0 Å². The third-order valence-corrected chi connectivity index (χ3v) is 4.76. The molecule has 0 radical (unpaired) electrons. The van der Waals surface area contributed by atoms with E-state index in [9.17, 15) is 0 Å². The van der Waals surface area contributed by atoms with Gasteiger partial charge in [0.2, 0.25) is 0 Å². The Balaban J connectivity index is 3.70. The molecular weight excluding hydrogens is 272 g/mol. The number of hydrogen-bond acceptors (Lipinski definition) is 2. The maximum Gasteiger partial charge on any atom is 0.151 e. The lowest BCUT2D eigenvalue weighted by Crippen LogP contribution is -2.09. The molecule has 2 nitrogen and oxygen atoms in total. The second-order valence-corrected chi connectivity index (χ2v) is 7.04. The summed E-state index contributed by atoms with van der Waals surface area (Å²) in [5, 5.41) is 18.2. The van der Waals surface area contributed by atoms with Crippen LogP contribution in [0, 0.1) is 5.92 Å². The van der Waals surface area contributed by atoms with Crippen LogP contribution in [-0.2, 0) is 0 Å². The van der Waals surface area contributed by atoms with Crippen LogP contribution in [0.2, 0.25) is 0 Å². The third kappa shape index (κ3) is 16.3. The van der Waals surface area contributed by atoms with E-state index in [-0.39, 0.29) is 0 Å². The van der Waals surface area contributed by atoms with Crippen molar-refractivity contribution >= 4 is 0 Å². The second-order valence-electron chi connectivity index (χ2n) is 7.04. The van der Waals surface area contributed by atoms with Gasteiger partial charge in [0.15, 0.2) is 6.29 Å². The van der Waals surface area contributed by atoms with E-state index in [1.165, 1.54) is 89.9 Å². The van der Waals surface area contributed by atoms with Gasteiger partial charge in [0, 0.05) is 0 Å². The SMILES string of the molecule is CCCCCCCCC(CCCCCCCC)CCC(O)O. The molecule has 0 rings (SSSR count). The van der Waals surface area contributed by atoms with Crippen LogP contribution in [0.4, 0.5) is 0 Å². The number of aliphatic hydroxyl groups excluding tert-OH is 1. The van der Waals surface area contributed by atoms with Crippen LogP contribution in [0.1, 0.15) is 117 Å². The van der Waals surface area contributed by atoms with Gasteiger partial charge < -0.3 is 10.2 Å². The fraction of sp³-hybridized carbons (Fsp3) is 1.00. The van der Waals surface area contributed by atoms with Crippen LogP contribution in [0.25, 0.3) is 0 Å². The highest BCUT2D eigenvalue weighted by Gasteiger charge is 2.10. The van der Waals surface area contributed by atoms with E-state index < -0.39 is 6.29 Å². The van der Waals surface area contributed by atoms with Crippen LogP contribution in [-0.4, -0.2) is 16.5 Å². The number of aliphatic hydroxyl groups is 2. The Morgan fingerprint density at radius 2 is 0.909 bits per heavy atom. The predicted molar refractivity (Wildman–Crippen MR) is 96.9 cm³/mol. The van der Waals surface area contributed by atoms with Crippen molar-refractivity contribution in [2.75, 3.05) is 0 Å². The number of unbranched alkanes of at least 4 members (excludes halogenated alkanes) is 10. The van der Waals surface area contributed by atoms with Gasteiger partial charge in [0.25, 0.3) is 0 Å². The van der Waals surface area contributed by atoms with Crippen molar-refractivity contribution < 1.29 is 10.2 Å². The first-order chi connectivity index (χ1) is 10.7. The highest BCUT2D eigenvalue weighted by Crippen LogP contribution is 2.23. The molecule has 0 aromatic carbocycles. The zero-order valence-electron chi connectivity index (χ0n) is 15.4. The summed E-state index contributed by atoms with van der Waals surface area (Å²) >= 11 is 0. The lowest BCUT2D eigenvalue weighted by molar-refractivity contribution is -0.0493. The lowest BCUT2D eigenvalue weighted by Gasteiger charge is -2.17. The molecule has 0 spiro atoms. The largest absolute Gasteiger partial charge is 0.368 e. The summed E-state index contributed by atoms with van der Waals surface area (Å²) in [5.74, 6) is 0.708. The minimum atomic E-state index is -1.11. The smallest absolute Gasteiger partial charge is 0.151 e. The van der Waals surface area contributed by atoms with Gasteiger partial charge in [-0.05, 0) is 18.8 Å². The molecule has 0 aromatic rings. The highest BCUT2D eigenvalue weighted by atomic mass is 16.5. The van der Waals surface area contributed by atoms with Gasteiger partial charge >= 0.3 is 0 Å². The van der Waals surface area contributed by atoms with Gasteiger partial charge in [-0.25, -0.2) is 0 Å². The Morgan fingerprint density at radius 1 is 0.500 bits per heavy atom. The quantitative estimate of drug-likeness (QED) is 0.248. The van der Waals surface area contributed by atoms with Crippen molar-refractivity contribution in [2.45, 2.75) is 123 Å². The highest BCUT2D eigenvalue weighted by molar-refractivity contribution is 4.62. The van der Waals surface area contributed by atoms with E-state index in [0.717, 1.165) is 6.42 Å². The second kappa shape index (κ2) is 17.3. The summed E-state index contributed by atoms with van der Waals surface area (Å²) in [5.41, 5.74) is 0. The predicted octanol–water partition coefficient (Wildman–Crippen LogP) is 6.19. The molecule has 0 bridgehead atoms. The normalized spacial score (nSPS) is 11.7. The summed E-state index contributed by atoms with van der Waals surface area (Å²) in [6.45, 7) is 4.52. The molecule has 0 amide bonds. The first-order valence-electron chi connectivity index (χ1n) is 10.1. The molecule has 134 valence electrons. The Bertz CT molecular complexity index is 188. The molecule has 0 aromatic heterocycles. The van der Waals surface area contributed by atoms with Crippen molar-refractivity contribution in [3.8, 4) is 0 Å². The van der Waals surface area contributed by atoms with Gasteiger partial charge in [0.05, 0.1) is 0 Å². The molecule has 0 saturated carbocycles. The van der Waals surface area contributed by atoms with E-state index >= 15 is 0 Å². The minimum absolute atomic E-state index is 0.552. The molecule has 0 heterocycles. The van der Waals surface area contributed by atoms with E-state index in [2.05, 4.69) is 13.8 Å². The van der Waals surface area contributed by atoms with E-state index in [1.807, 2.05) is 0 Å². The van der Waals surface area contributed by atoms with Crippen LogP contribution >= 0.6 is 0 Å². The summed E-state index contributed by atoms with van der Waals surface area (Å²) < 4.78 is 0. The van der Waals surface area contributed by atoms with Crippen molar-refractivity contribution in [2.24, 2.45) is 5.92 Å². The van der Waals surface area contributed by atoms with Crippen molar-refractivity contribution in [1.82, 2.24) is 0 Å². The van der Waals surface area contributed by atoms with Crippen molar-refractivity contribution in [3.05, 3.63) is 0 Å². The van der Waals surface area contributed by atoms with Crippen LogP contribution in [0.5, 0.6) is 0 Å².